The number of ketones is 1. The molecule has 3 rings (SSSR count). The highest BCUT2D eigenvalue weighted by Crippen LogP contribution is 2.43. The van der Waals surface area contributed by atoms with E-state index in [1.807, 2.05) is 0 Å². The van der Waals surface area contributed by atoms with Gasteiger partial charge in [0.2, 0.25) is 5.91 Å². The van der Waals surface area contributed by atoms with Crippen LogP contribution in [0, 0.1) is 0 Å². The molecule has 3 N–H and O–H groups in total. The number of Topliss-reactive ketones (excluding diaryl/α,β-unsaturated/α-hetero) is 1. The van der Waals surface area contributed by atoms with Gasteiger partial charge in [-0.2, -0.15) is 0 Å². The van der Waals surface area contributed by atoms with Gasteiger partial charge in [-0.15, -0.1) is 11.3 Å². The standard InChI is InChI=1S/C16H13BrN2O4S/c17-13-6-5-12(24-13)11(20)7-16(23)9-3-1-2-4-10(9)19(15(16)22)8-14(18)21/h1-6,23H,7-8H2,(H2,18,21)/t16-/m0/s1. The molecule has 0 unspecified atom stereocenters. The molecule has 124 valence electrons. The largest absolute Gasteiger partial charge is 0.375 e. The van der Waals surface area contributed by atoms with Gasteiger partial charge in [-0.25, -0.2) is 0 Å². The number of benzene rings is 1. The number of amides is 2. The first-order chi connectivity index (χ1) is 11.3. The first-order valence-electron chi connectivity index (χ1n) is 7.03. The third kappa shape index (κ3) is 2.77. The zero-order chi connectivity index (χ0) is 17.5. The monoisotopic (exact) mass is 408 g/mol. The second-order valence-corrected chi connectivity index (χ2v) is 7.90. The van der Waals surface area contributed by atoms with Crippen molar-refractivity contribution in [1.29, 1.82) is 0 Å². The number of para-hydroxylation sites is 1. The molecular formula is C16H13BrN2O4S. The second kappa shape index (κ2) is 6.12. The SMILES string of the molecule is NC(=O)CN1C(=O)[C@](O)(CC(=O)c2ccc(Br)s2)c2ccccc21. The summed E-state index contributed by atoms with van der Waals surface area (Å²) in [5, 5.41) is 11.0. The van der Waals surface area contributed by atoms with Crippen LogP contribution in [-0.2, 0) is 15.2 Å². The van der Waals surface area contributed by atoms with Gasteiger partial charge in [0.1, 0.15) is 6.54 Å². The van der Waals surface area contributed by atoms with Crippen LogP contribution in [0.1, 0.15) is 21.7 Å². The minimum Gasteiger partial charge on any atom is -0.375 e. The van der Waals surface area contributed by atoms with Gasteiger partial charge >= 0.3 is 0 Å². The lowest BCUT2D eigenvalue weighted by Gasteiger charge is -2.21. The average Bonchev–Trinajstić information content (AvgIpc) is 3.05. The van der Waals surface area contributed by atoms with Crippen LogP contribution in [0.3, 0.4) is 0 Å². The van der Waals surface area contributed by atoms with E-state index in [0.717, 1.165) is 8.69 Å². The van der Waals surface area contributed by atoms with Crippen LogP contribution in [0.15, 0.2) is 40.2 Å². The fraction of sp³-hybridized carbons (Fsp3) is 0.188. The Balaban J connectivity index is 1.98. The normalized spacial score (nSPS) is 19.4. The van der Waals surface area contributed by atoms with Crippen molar-refractivity contribution in [3.8, 4) is 0 Å². The molecule has 0 bridgehead atoms. The molecule has 2 aromatic rings. The van der Waals surface area contributed by atoms with Gasteiger partial charge in [0.05, 0.1) is 20.8 Å². The van der Waals surface area contributed by atoms with Gasteiger partial charge in [0, 0.05) is 5.56 Å². The van der Waals surface area contributed by atoms with E-state index >= 15 is 0 Å². The number of carbonyl (C=O) groups excluding carboxylic acids is 3. The number of nitrogens with zero attached hydrogens (tertiary/aromatic N) is 1. The smallest absolute Gasteiger partial charge is 0.264 e. The van der Waals surface area contributed by atoms with E-state index in [0.29, 0.717) is 16.1 Å². The summed E-state index contributed by atoms with van der Waals surface area (Å²) < 4.78 is 0.784. The number of rotatable bonds is 5. The summed E-state index contributed by atoms with van der Waals surface area (Å²) in [5.41, 5.74) is 3.89. The lowest BCUT2D eigenvalue weighted by Crippen LogP contribution is -2.44. The molecule has 0 saturated carbocycles. The highest BCUT2D eigenvalue weighted by Gasteiger charge is 2.51. The molecule has 1 aliphatic heterocycles. The van der Waals surface area contributed by atoms with Crippen molar-refractivity contribution < 1.29 is 19.5 Å². The Labute approximate surface area is 150 Å². The molecule has 24 heavy (non-hydrogen) atoms. The minimum absolute atomic E-state index is 0.306. The van der Waals surface area contributed by atoms with E-state index in [1.54, 1.807) is 36.4 Å². The number of nitrogens with two attached hydrogens (primary N) is 1. The molecule has 0 radical (unpaired) electrons. The third-order valence-corrected chi connectivity index (χ3v) is 5.48. The highest BCUT2D eigenvalue weighted by atomic mass is 79.9. The Morgan fingerprint density at radius 3 is 2.58 bits per heavy atom. The fourth-order valence-electron chi connectivity index (χ4n) is 2.77. The predicted octanol–water partition coefficient (Wildman–Crippen LogP) is 1.80. The van der Waals surface area contributed by atoms with Crippen molar-refractivity contribution in [2.45, 2.75) is 12.0 Å². The second-order valence-electron chi connectivity index (χ2n) is 5.44. The number of hydrogen-bond acceptors (Lipinski definition) is 5. The summed E-state index contributed by atoms with van der Waals surface area (Å²) in [6.07, 6.45) is -0.398. The number of primary amides is 1. The van der Waals surface area contributed by atoms with Crippen molar-refractivity contribution in [1.82, 2.24) is 0 Å². The van der Waals surface area contributed by atoms with Gasteiger partial charge in [-0.3, -0.25) is 19.3 Å². The quantitative estimate of drug-likeness (QED) is 0.736. The van der Waals surface area contributed by atoms with Crippen molar-refractivity contribution in [3.05, 3.63) is 50.6 Å². The van der Waals surface area contributed by atoms with Crippen LogP contribution in [0.25, 0.3) is 0 Å². The molecule has 6 nitrogen and oxygen atoms in total. The first kappa shape index (κ1) is 16.8. The summed E-state index contributed by atoms with van der Waals surface area (Å²) in [6, 6.07) is 9.89. The molecule has 2 amide bonds. The zero-order valence-electron chi connectivity index (χ0n) is 12.4. The summed E-state index contributed by atoms with van der Waals surface area (Å²) >= 11 is 4.51. The Bertz CT molecular complexity index is 850. The van der Waals surface area contributed by atoms with Crippen LogP contribution >= 0.6 is 27.3 Å². The average molecular weight is 409 g/mol. The molecule has 0 spiro atoms. The van der Waals surface area contributed by atoms with Gasteiger partial charge in [0.25, 0.3) is 5.91 Å². The number of carbonyl (C=O) groups is 3. The Hall–Kier alpha value is -2.03. The number of fused-ring (bicyclic) bond motifs is 1. The lowest BCUT2D eigenvalue weighted by molar-refractivity contribution is -0.136. The summed E-state index contributed by atoms with van der Waals surface area (Å²) in [4.78, 5) is 38.0. The summed E-state index contributed by atoms with van der Waals surface area (Å²) in [5.74, 6) is -1.76. The van der Waals surface area contributed by atoms with Crippen LogP contribution in [0.2, 0.25) is 0 Å². The van der Waals surface area contributed by atoms with Crippen LogP contribution in [-0.4, -0.2) is 29.2 Å². The van der Waals surface area contributed by atoms with Crippen molar-refractivity contribution in [2.75, 3.05) is 11.4 Å². The van der Waals surface area contributed by atoms with E-state index in [2.05, 4.69) is 15.9 Å². The van der Waals surface area contributed by atoms with Gasteiger partial charge < -0.3 is 10.8 Å². The van der Waals surface area contributed by atoms with Crippen molar-refractivity contribution in [2.24, 2.45) is 5.73 Å². The Morgan fingerprint density at radius 2 is 1.96 bits per heavy atom. The summed E-state index contributed by atoms with van der Waals surface area (Å²) in [7, 11) is 0. The molecule has 2 heterocycles. The van der Waals surface area contributed by atoms with Crippen molar-refractivity contribution >= 4 is 50.6 Å². The molecule has 8 heteroatoms. The maximum absolute atomic E-state index is 12.7. The maximum atomic E-state index is 12.7. The third-order valence-electron chi connectivity index (χ3n) is 3.82. The molecule has 1 aliphatic rings. The fourth-order valence-corrected chi connectivity index (χ4v) is 4.10. The molecule has 1 aromatic heterocycles. The number of halogens is 1. The van der Waals surface area contributed by atoms with E-state index < -0.39 is 23.8 Å². The number of anilines is 1. The molecule has 0 fully saturated rings. The minimum atomic E-state index is -2.00. The highest BCUT2D eigenvalue weighted by molar-refractivity contribution is 9.11. The van der Waals surface area contributed by atoms with Gasteiger partial charge in [0.15, 0.2) is 11.4 Å². The van der Waals surface area contributed by atoms with E-state index in [4.69, 9.17) is 5.73 Å². The van der Waals surface area contributed by atoms with Crippen LogP contribution in [0.5, 0.6) is 0 Å². The first-order valence-corrected chi connectivity index (χ1v) is 8.64. The van der Waals surface area contributed by atoms with E-state index in [1.165, 1.54) is 11.3 Å². The maximum Gasteiger partial charge on any atom is 0.264 e. The van der Waals surface area contributed by atoms with Gasteiger partial charge in [-0.1, -0.05) is 18.2 Å². The zero-order valence-corrected chi connectivity index (χ0v) is 14.8. The molecule has 0 aliphatic carbocycles. The lowest BCUT2D eigenvalue weighted by atomic mass is 9.89. The molecule has 0 saturated heterocycles. The number of aliphatic hydroxyl groups is 1. The molecule has 1 aromatic carbocycles. The van der Waals surface area contributed by atoms with Crippen molar-refractivity contribution in [3.63, 3.8) is 0 Å². The van der Waals surface area contributed by atoms with Gasteiger partial charge in [-0.05, 0) is 34.1 Å². The van der Waals surface area contributed by atoms with E-state index in [-0.39, 0.29) is 12.3 Å². The topological polar surface area (TPSA) is 101 Å². The number of hydrogen-bond donors (Lipinski definition) is 2. The number of thiophene rings is 1. The van der Waals surface area contributed by atoms with Crippen LogP contribution < -0.4 is 10.6 Å². The van der Waals surface area contributed by atoms with Crippen LogP contribution in [0.4, 0.5) is 5.69 Å². The van der Waals surface area contributed by atoms with E-state index in [9.17, 15) is 19.5 Å². The molecular weight excluding hydrogens is 396 g/mol. The Morgan fingerprint density at radius 1 is 1.25 bits per heavy atom. The predicted molar refractivity (Wildman–Crippen MR) is 92.9 cm³/mol. The Kier molecular flexibility index (Phi) is 4.29. The summed E-state index contributed by atoms with van der Waals surface area (Å²) in [6.45, 7) is -0.350. The molecule has 1 atom stereocenters.